The van der Waals surface area contributed by atoms with Crippen molar-refractivity contribution in [3.8, 4) is 0 Å². The highest BCUT2D eigenvalue weighted by Gasteiger charge is 2.28. The number of carboxylic acids is 1. The van der Waals surface area contributed by atoms with E-state index in [1.165, 1.54) is 12.1 Å². The predicted octanol–water partition coefficient (Wildman–Crippen LogP) is 3.36. The van der Waals surface area contributed by atoms with Gasteiger partial charge in [-0.05, 0) is 46.4 Å². The van der Waals surface area contributed by atoms with Crippen molar-refractivity contribution in [2.75, 3.05) is 5.32 Å². The fourth-order valence-corrected chi connectivity index (χ4v) is 4.34. The van der Waals surface area contributed by atoms with Crippen molar-refractivity contribution < 1.29 is 14.7 Å². The van der Waals surface area contributed by atoms with Gasteiger partial charge >= 0.3 is 5.97 Å². The maximum absolute atomic E-state index is 12.4. The van der Waals surface area contributed by atoms with Gasteiger partial charge in [0.2, 0.25) is 0 Å². The Labute approximate surface area is 127 Å². The lowest BCUT2D eigenvalue weighted by Gasteiger charge is -2.16. The number of carboxylic acid groups (broad SMARTS) is 1. The molecule has 22 heavy (non-hydrogen) atoms. The van der Waals surface area contributed by atoms with Crippen LogP contribution in [0.25, 0.3) is 0 Å². The van der Waals surface area contributed by atoms with Gasteiger partial charge in [-0.1, -0.05) is 12.1 Å². The molecule has 2 aromatic carbocycles. The molecule has 1 aliphatic rings. The summed E-state index contributed by atoms with van der Waals surface area (Å²) < 4.78 is 17.0. The number of anilines is 1. The van der Waals surface area contributed by atoms with Crippen molar-refractivity contribution in [1.82, 2.24) is 0 Å². The third kappa shape index (κ3) is 1.90. The van der Waals surface area contributed by atoms with Crippen LogP contribution < -0.4 is 5.32 Å². The van der Waals surface area contributed by atoms with Crippen molar-refractivity contribution >= 4 is 27.2 Å². The van der Waals surface area contributed by atoms with E-state index in [2.05, 4.69) is 5.32 Å². The number of nitrogens with one attached hydrogen (secondary N) is 3. The second kappa shape index (κ2) is 4.67. The minimum absolute atomic E-state index is 0.0557. The monoisotopic (exact) mass is 315 g/mol. The van der Waals surface area contributed by atoms with Crippen LogP contribution in [0.4, 0.5) is 5.69 Å². The minimum Gasteiger partial charge on any atom is -0.478 e. The summed E-state index contributed by atoms with van der Waals surface area (Å²) in [5.74, 6) is -1.52. The molecule has 1 heterocycles. The number of aromatic carboxylic acids is 1. The lowest BCUT2D eigenvalue weighted by molar-refractivity contribution is 0.0695. The van der Waals surface area contributed by atoms with Crippen LogP contribution in [0, 0.1) is 16.5 Å². The zero-order valence-corrected chi connectivity index (χ0v) is 12.5. The molecule has 0 fully saturated rings. The summed E-state index contributed by atoms with van der Waals surface area (Å²) in [5, 5.41) is 11.9. The Morgan fingerprint density at radius 2 is 1.82 bits per heavy atom. The highest BCUT2D eigenvalue weighted by molar-refractivity contribution is 7.93. The van der Waals surface area contributed by atoms with Gasteiger partial charge < -0.3 is 10.4 Å². The van der Waals surface area contributed by atoms with Crippen LogP contribution in [0.2, 0.25) is 0 Å². The molecule has 1 amide bonds. The predicted molar refractivity (Wildman–Crippen MR) is 81.9 cm³/mol. The second-order valence-corrected chi connectivity index (χ2v) is 7.08. The normalized spacial score (nSPS) is 15.2. The molecule has 0 unspecified atom stereocenters. The lowest BCUT2D eigenvalue weighted by Crippen LogP contribution is -2.13. The average molecular weight is 315 g/mol. The molecule has 0 saturated heterocycles. The molecule has 0 spiro atoms. The molecule has 0 aliphatic carbocycles. The van der Waals surface area contributed by atoms with Crippen molar-refractivity contribution in [2.24, 2.45) is 0 Å². The molecule has 6 nitrogen and oxygen atoms in total. The summed E-state index contributed by atoms with van der Waals surface area (Å²) in [5.41, 5.74) is 0.971. The lowest BCUT2D eigenvalue weighted by atomic mass is 10.1. The quantitative estimate of drug-likeness (QED) is 0.647. The van der Waals surface area contributed by atoms with E-state index in [-0.39, 0.29) is 16.8 Å². The van der Waals surface area contributed by atoms with E-state index in [9.17, 15) is 14.7 Å². The number of carbonyl (C=O) groups is 2. The molecular weight excluding hydrogens is 302 g/mol. The van der Waals surface area contributed by atoms with Crippen LogP contribution in [0.5, 0.6) is 0 Å². The molecule has 0 aromatic heterocycles. The largest absolute Gasteiger partial charge is 0.478 e. The molecular formula is C15H13N3O3S. The number of rotatable bonds is 1. The molecule has 0 bridgehead atoms. The van der Waals surface area contributed by atoms with E-state index in [0.717, 1.165) is 0 Å². The Balaban J connectivity index is 2.40. The van der Waals surface area contributed by atoms with Crippen molar-refractivity contribution in [2.45, 2.75) is 16.7 Å². The van der Waals surface area contributed by atoms with Crippen molar-refractivity contribution in [3.63, 3.8) is 0 Å². The Hall–Kier alpha value is -2.67. The standard InChI is InChI=1S/C15H13N3O3S/c1-8-9(15(20)21)6-7-12-13(8)18-14(19)10-4-2-3-5-11(10)22(12,16)17/h2-7,16-17H,1H3,(H,18,19)(H,20,21). The Morgan fingerprint density at radius 1 is 1.14 bits per heavy atom. The summed E-state index contributed by atoms with van der Waals surface area (Å²) in [6.45, 7) is 1.58. The minimum atomic E-state index is -2.91. The number of amides is 1. The number of fused-ring (bicyclic) bond motifs is 2. The van der Waals surface area contributed by atoms with Gasteiger partial charge in [0.1, 0.15) is 0 Å². The fraction of sp³-hybridized carbons (Fsp3) is 0.0667. The third-order valence-corrected chi connectivity index (χ3v) is 5.70. The van der Waals surface area contributed by atoms with E-state index in [4.69, 9.17) is 9.56 Å². The molecule has 2 aromatic rings. The topological polar surface area (TPSA) is 114 Å². The zero-order valence-electron chi connectivity index (χ0n) is 11.6. The van der Waals surface area contributed by atoms with Gasteiger partial charge in [-0.3, -0.25) is 14.4 Å². The first-order valence-corrected chi connectivity index (χ1v) is 8.07. The molecule has 112 valence electrons. The number of hydrogen-bond acceptors (Lipinski definition) is 4. The molecule has 0 saturated carbocycles. The van der Waals surface area contributed by atoms with Gasteiger partial charge in [-0.25, -0.2) is 4.79 Å². The van der Waals surface area contributed by atoms with Crippen molar-refractivity contribution in [3.05, 3.63) is 53.1 Å². The molecule has 3 rings (SSSR count). The zero-order chi connectivity index (χ0) is 16.1. The summed E-state index contributed by atoms with van der Waals surface area (Å²) in [6, 6.07) is 9.42. The fourth-order valence-electron chi connectivity index (χ4n) is 2.55. The highest BCUT2D eigenvalue weighted by Crippen LogP contribution is 2.37. The van der Waals surface area contributed by atoms with Crippen LogP contribution in [0.1, 0.15) is 26.3 Å². The third-order valence-electron chi connectivity index (χ3n) is 3.69. The smallest absolute Gasteiger partial charge is 0.336 e. The second-order valence-electron chi connectivity index (χ2n) is 4.98. The number of benzene rings is 2. The molecule has 0 radical (unpaired) electrons. The SMILES string of the molecule is Cc1c(C(=O)O)ccc2c1NC(=O)c1ccccc1S2(=N)=N. The van der Waals surface area contributed by atoms with Crippen LogP contribution in [-0.4, -0.2) is 17.0 Å². The molecule has 0 atom stereocenters. The first-order valence-electron chi connectivity index (χ1n) is 6.44. The summed E-state index contributed by atoms with van der Waals surface area (Å²) in [4.78, 5) is 24.3. The maximum atomic E-state index is 12.4. The van der Waals surface area contributed by atoms with Gasteiger partial charge in [0.25, 0.3) is 5.91 Å². The van der Waals surface area contributed by atoms with E-state index < -0.39 is 21.5 Å². The van der Waals surface area contributed by atoms with Crippen LogP contribution in [0.15, 0.2) is 46.2 Å². The van der Waals surface area contributed by atoms with Crippen LogP contribution in [0.3, 0.4) is 0 Å². The van der Waals surface area contributed by atoms with E-state index in [1.54, 1.807) is 31.2 Å². The Kier molecular flexibility index (Phi) is 3.03. The highest BCUT2D eigenvalue weighted by atomic mass is 32.2. The first-order chi connectivity index (χ1) is 10.3. The average Bonchev–Trinajstić information content (AvgIpc) is 2.55. The molecule has 1 aliphatic heterocycles. The van der Waals surface area contributed by atoms with E-state index >= 15 is 0 Å². The summed E-state index contributed by atoms with van der Waals surface area (Å²) in [6.07, 6.45) is 0. The Bertz CT molecular complexity index is 933. The van der Waals surface area contributed by atoms with Crippen molar-refractivity contribution in [1.29, 1.82) is 9.56 Å². The number of carbonyl (C=O) groups excluding carboxylic acids is 1. The van der Waals surface area contributed by atoms with Gasteiger partial charge in [0.05, 0.1) is 21.7 Å². The van der Waals surface area contributed by atoms with Crippen LogP contribution in [-0.2, 0) is 9.62 Å². The maximum Gasteiger partial charge on any atom is 0.336 e. The van der Waals surface area contributed by atoms with Gasteiger partial charge in [-0.2, -0.15) is 0 Å². The van der Waals surface area contributed by atoms with E-state index in [0.29, 0.717) is 15.4 Å². The van der Waals surface area contributed by atoms with Gasteiger partial charge in [0, 0.05) is 4.90 Å². The first kappa shape index (κ1) is 14.3. The molecule has 4 N–H and O–H groups in total. The summed E-state index contributed by atoms with van der Waals surface area (Å²) in [7, 11) is -2.91. The molecule has 7 heteroatoms. The van der Waals surface area contributed by atoms with Gasteiger partial charge in [-0.15, -0.1) is 0 Å². The van der Waals surface area contributed by atoms with Crippen LogP contribution >= 0.6 is 0 Å². The number of hydrogen-bond donors (Lipinski definition) is 4. The van der Waals surface area contributed by atoms with E-state index in [1.807, 2.05) is 0 Å². The van der Waals surface area contributed by atoms with Gasteiger partial charge in [0.15, 0.2) is 0 Å². The Morgan fingerprint density at radius 3 is 2.50 bits per heavy atom. The summed E-state index contributed by atoms with van der Waals surface area (Å²) >= 11 is 0.